The van der Waals surface area contributed by atoms with Gasteiger partial charge in [-0.2, -0.15) is 0 Å². The highest BCUT2D eigenvalue weighted by atomic mass is 31.1. The van der Waals surface area contributed by atoms with E-state index in [2.05, 4.69) is 13.8 Å². The fourth-order valence-corrected chi connectivity index (χ4v) is 6.19. The van der Waals surface area contributed by atoms with Crippen molar-refractivity contribution in [2.24, 2.45) is 0 Å². The summed E-state index contributed by atoms with van der Waals surface area (Å²) in [5, 5.41) is 0.0491. The summed E-state index contributed by atoms with van der Waals surface area (Å²) in [7, 11) is 0.0164. The van der Waals surface area contributed by atoms with Crippen molar-refractivity contribution >= 4 is 24.4 Å². The summed E-state index contributed by atoms with van der Waals surface area (Å²) in [5.41, 5.74) is 2.80. The van der Waals surface area contributed by atoms with Crippen LogP contribution in [0, 0.1) is 20.8 Å². The fourth-order valence-electron chi connectivity index (χ4n) is 4.85. The van der Waals surface area contributed by atoms with Gasteiger partial charge in [0.25, 0.3) is 5.30 Å². The first-order chi connectivity index (χ1) is 20.7. The van der Waals surface area contributed by atoms with Crippen molar-refractivity contribution in [2.45, 2.75) is 73.1 Å². The minimum Gasteiger partial charge on any atom is -0.496 e. The van der Waals surface area contributed by atoms with E-state index in [1.807, 2.05) is 26.8 Å². The minimum absolute atomic E-state index is 0.0474. The Balaban J connectivity index is 2.26. The van der Waals surface area contributed by atoms with E-state index in [4.69, 9.17) is 18.9 Å². The molecule has 0 radical (unpaired) electrons. The van der Waals surface area contributed by atoms with E-state index in [0.717, 1.165) is 55.2 Å². The molecule has 1 atom stereocenters. The smallest absolute Gasteiger partial charge is 0.463 e. The topological polar surface area (TPSA) is 88.1 Å². The van der Waals surface area contributed by atoms with E-state index >= 15 is 0 Å². The molecular weight excluding hydrogens is 563 g/mol. The van der Waals surface area contributed by atoms with Crippen LogP contribution < -0.4 is 24.3 Å². The predicted molar refractivity (Wildman–Crippen MR) is 172 cm³/mol. The molecule has 0 fully saturated rings. The number of carbonyl (C=O) groups is 2. The lowest BCUT2D eigenvalue weighted by atomic mass is 9.93. The first-order valence-electron chi connectivity index (χ1n) is 15.0. The molecule has 0 amide bonds. The molecule has 0 bridgehead atoms. The molecule has 0 aliphatic rings. The Morgan fingerprint density at radius 1 is 0.721 bits per heavy atom. The number of hydrogen-bond acceptors (Lipinski definition) is 7. The summed E-state index contributed by atoms with van der Waals surface area (Å²) in [4.78, 5) is 28.3. The van der Waals surface area contributed by atoms with E-state index in [9.17, 15) is 14.2 Å². The van der Waals surface area contributed by atoms with Gasteiger partial charge in [-0.15, -0.1) is 0 Å². The van der Waals surface area contributed by atoms with Crippen molar-refractivity contribution in [3.8, 4) is 23.0 Å². The highest BCUT2D eigenvalue weighted by Gasteiger charge is 2.44. The number of ether oxygens (including phenoxy) is 4. The minimum atomic E-state index is -2.85. The third kappa shape index (κ3) is 8.03. The van der Waals surface area contributed by atoms with Gasteiger partial charge in [-0.3, -0.25) is 4.79 Å². The zero-order chi connectivity index (χ0) is 31.5. The van der Waals surface area contributed by atoms with Crippen LogP contribution in [0.3, 0.4) is 0 Å². The number of methoxy groups -OCH3 is 2. The molecule has 3 rings (SSSR count). The normalized spacial score (nSPS) is 11.2. The third-order valence-corrected chi connectivity index (χ3v) is 9.11. The lowest BCUT2D eigenvalue weighted by Gasteiger charge is -2.15. The summed E-state index contributed by atoms with van der Waals surface area (Å²) < 4.78 is 37.5. The van der Waals surface area contributed by atoms with Crippen LogP contribution in [0.1, 0.15) is 95.3 Å². The molecule has 43 heavy (non-hydrogen) atoms. The lowest BCUT2D eigenvalue weighted by Crippen LogP contribution is -2.21. The maximum absolute atomic E-state index is 14.4. The molecule has 8 heteroatoms. The number of hydrogen-bond donors (Lipinski definition) is 0. The SMILES string of the molecule is CCCCCOc1cc(OCCCCC)c([P+](=O)C(=O)c2c(OC)cccc2OC)c(C(=O)c2ccc(C)c(C)c2C)c1. The van der Waals surface area contributed by atoms with Gasteiger partial charge in [0.1, 0.15) is 17.2 Å². The first-order valence-corrected chi connectivity index (χ1v) is 16.2. The monoisotopic (exact) mass is 607 g/mol. The molecule has 0 aliphatic heterocycles. The average molecular weight is 608 g/mol. The second-order valence-electron chi connectivity index (χ2n) is 10.6. The van der Waals surface area contributed by atoms with Gasteiger partial charge in [0.2, 0.25) is 0 Å². The molecule has 1 unspecified atom stereocenters. The van der Waals surface area contributed by atoms with Crippen LogP contribution in [0.15, 0.2) is 42.5 Å². The summed E-state index contributed by atoms with van der Waals surface area (Å²) in [6.45, 7) is 10.9. The fraction of sp³-hybridized carbons (Fsp3) is 0.429. The van der Waals surface area contributed by atoms with Crippen LogP contribution in [0.5, 0.6) is 23.0 Å². The van der Waals surface area contributed by atoms with E-state index in [1.165, 1.54) is 14.2 Å². The number of carbonyl (C=O) groups excluding carboxylic acids is 2. The maximum Gasteiger partial charge on any atom is 0.463 e. The van der Waals surface area contributed by atoms with Crippen LogP contribution in [0.4, 0.5) is 0 Å². The molecule has 0 saturated carbocycles. The second-order valence-corrected chi connectivity index (χ2v) is 12.0. The highest BCUT2D eigenvalue weighted by molar-refractivity contribution is 7.72. The van der Waals surface area contributed by atoms with E-state index in [-0.39, 0.29) is 39.5 Å². The molecule has 0 spiro atoms. The zero-order valence-electron chi connectivity index (χ0n) is 26.5. The summed E-state index contributed by atoms with van der Waals surface area (Å²) in [6, 6.07) is 11.8. The van der Waals surface area contributed by atoms with Crippen molar-refractivity contribution in [1.82, 2.24) is 0 Å². The lowest BCUT2D eigenvalue weighted by molar-refractivity contribution is 0.103. The maximum atomic E-state index is 14.4. The Labute approximate surface area is 256 Å². The van der Waals surface area contributed by atoms with Crippen molar-refractivity contribution in [1.29, 1.82) is 0 Å². The molecule has 7 nitrogen and oxygen atoms in total. The van der Waals surface area contributed by atoms with Crippen molar-refractivity contribution in [2.75, 3.05) is 27.4 Å². The molecule has 230 valence electrons. The van der Waals surface area contributed by atoms with Crippen LogP contribution >= 0.6 is 7.80 Å². The molecular formula is C35H44O7P+. The molecule has 0 heterocycles. The second kappa shape index (κ2) is 16.2. The number of aryl methyl sites for hydroxylation is 1. The zero-order valence-corrected chi connectivity index (χ0v) is 27.4. The Kier molecular flexibility index (Phi) is 12.8. The number of rotatable bonds is 17. The summed E-state index contributed by atoms with van der Waals surface area (Å²) >= 11 is 0. The van der Waals surface area contributed by atoms with Gasteiger partial charge in [0, 0.05) is 11.6 Å². The van der Waals surface area contributed by atoms with Gasteiger partial charge in [-0.05, 0) is 68.5 Å². The molecule has 0 saturated heterocycles. The predicted octanol–water partition coefficient (Wildman–Crippen LogP) is 8.29. The quantitative estimate of drug-likeness (QED) is 0.0867. The van der Waals surface area contributed by atoms with Crippen LogP contribution in [0.25, 0.3) is 0 Å². The largest absolute Gasteiger partial charge is 0.496 e. The van der Waals surface area contributed by atoms with Gasteiger partial charge >= 0.3 is 13.3 Å². The number of unbranched alkanes of at least 4 members (excludes halogenated alkanes) is 4. The molecule has 3 aromatic carbocycles. The van der Waals surface area contributed by atoms with Crippen LogP contribution in [0.2, 0.25) is 0 Å². The van der Waals surface area contributed by atoms with Crippen LogP contribution in [-0.2, 0) is 4.57 Å². The highest BCUT2D eigenvalue weighted by Crippen LogP contribution is 2.41. The molecule has 3 aromatic rings. The van der Waals surface area contributed by atoms with E-state index < -0.39 is 13.3 Å². The Morgan fingerprint density at radius 2 is 1.33 bits per heavy atom. The Bertz CT molecular complexity index is 1440. The van der Waals surface area contributed by atoms with E-state index in [0.29, 0.717) is 24.5 Å². The van der Waals surface area contributed by atoms with Crippen molar-refractivity contribution in [3.05, 3.63) is 75.8 Å². The van der Waals surface area contributed by atoms with Gasteiger partial charge in [-0.25, -0.2) is 4.79 Å². The Hall–Kier alpha value is -3.70. The number of ketones is 1. The molecule has 0 aromatic heterocycles. The van der Waals surface area contributed by atoms with E-state index in [1.54, 1.807) is 36.4 Å². The number of benzene rings is 3. The molecule has 0 aliphatic carbocycles. The van der Waals surface area contributed by atoms with Gasteiger partial charge in [0.05, 0.1) is 33.0 Å². The summed E-state index contributed by atoms with van der Waals surface area (Å²) in [6.07, 6.45) is 5.60. The first kappa shape index (κ1) is 33.8. The van der Waals surface area contributed by atoms with Gasteiger partial charge in [0.15, 0.2) is 17.1 Å². The van der Waals surface area contributed by atoms with Crippen molar-refractivity contribution < 1.29 is 33.1 Å². The Morgan fingerprint density at radius 3 is 1.91 bits per heavy atom. The van der Waals surface area contributed by atoms with Gasteiger partial charge in [-0.1, -0.05) is 62.3 Å². The van der Waals surface area contributed by atoms with Crippen molar-refractivity contribution in [3.63, 3.8) is 0 Å². The average Bonchev–Trinajstić information content (AvgIpc) is 3.02. The van der Waals surface area contributed by atoms with Crippen LogP contribution in [-0.4, -0.2) is 38.7 Å². The van der Waals surface area contributed by atoms with Gasteiger partial charge < -0.3 is 18.9 Å². The molecule has 0 N–H and O–H groups in total. The standard InChI is InChI=1S/C35H44O7P/c1-8-10-12-19-41-26-21-28(33(36)27-18-17-23(3)24(4)25(27)5)34(31(22-26)42-20-13-11-9-2)43(38)35(37)32-29(39-6)15-14-16-30(32)40-7/h14-18,21-22H,8-13,19-20H2,1-7H3/q+1. The third-order valence-electron chi connectivity index (χ3n) is 7.65. The summed E-state index contributed by atoms with van der Waals surface area (Å²) in [5.74, 6) is 0.744.